The summed E-state index contributed by atoms with van der Waals surface area (Å²) in [6.07, 6.45) is -0.728. The standard InChI is InChI=1S/C14H11Cl2FO2/c1-8(18)9-2-5-14(13(17)6-9)19-10-3-4-11(15)12(16)7-10/h2-8,18H,1H3/t8-/m0/s1. The predicted octanol–water partition coefficient (Wildman–Crippen LogP) is 4.98. The maximum absolute atomic E-state index is 13.8. The molecule has 2 aromatic carbocycles. The van der Waals surface area contributed by atoms with Gasteiger partial charge in [-0.25, -0.2) is 4.39 Å². The molecule has 0 unspecified atom stereocenters. The summed E-state index contributed by atoms with van der Waals surface area (Å²) in [4.78, 5) is 0. The van der Waals surface area contributed by atoms with Crippen LogP contribution in [0, 0.1) is 5.82 Å². The van der Waals surface area contributed by atoms with Crippen molar-refractivity contribution in [1.29, 1.82) is 0 Å². The molecule has 0 amide bonds. The highest BCUT2D eigenvalue weighted by molar-refractivity contribution is 6.42. The molecule has 1 atom stereocenters. The van der Waals surface area contributed by atoms with Crippen molar-refractivity contribution in [2.45, 2.75) is 13.0 Å². The van der Waals surface area contributed by atoms with Crippen molar-refractivity contribution in [1.82, 2.24) is 0 Å². The van der Waals surface area contributed by atoms with E-state index in [-0.39, 0.29) is 5.75 Å². The van der Waals surface area contributed by atoms with Gasteiger partial charge in [-0.05, 0) is 36.8 Å². The highest BCUT2D eigenvalue weighted by atomic mass is 35.5. The van der Waals surface area contributed by atoms with Gasteiger partial charge in [0.25, 0.3) is 0 Å². The van der Waals surface area contributed by atoms with Gasteiger partial charge in [0.2, 0.25) is 0 Å². The van der Waals surface area contributed by atoms with Crippen LogP contribution in [0.1, 0.15) is 18.6 Å². The first kappa shape index (κ1) is 14.1. The van der Waals surface area contributed by atoms with E-state index in [9.17, 15) is 9.50 Å². The van der Waals surface area contributed by atoms with Gasteiger partial charge in [-0.1, -0.05) is 29.3 Å². The fourth-order valence-corrected chi connectivity index (χ4v) is 1.82. The Labute approximate surface area is 120 Å². The minimum atomic E-state index is -0.728. The van der Waals surface area contributed by atoms with Gasteiger partial charge in [-0.15, -0.1) is 0 Å². The van der Waals surface area contributed by atoms with E-state index >= 15 is 0 Å². The van der Waals surface area contributed by atoms with Gasteiger partial charge in [0.15, 0.2) is 11.6 Å². The number of ether oxygens (including phenoxy) is 1. The first-order valence-corrected chi connectivity index (χ1v) is 6.33. The molecule has 0 spiro atoms. The van der Waals surface area contributed by atoms with Gasteiger partial charge in [-0.3, -0.25) is 0 Å². The summed E-state index contributed by atoms with van der Waals surface area (Å²) in [6.45, 7) is 1.56. The second-order valence-corrected chi connectivity index (χ2v) is 4.86. The molecule has 0 aromatic heterocycles. The van der Waals surface area contributed by atoms with Gasteiger partial charge in [0, 0.05) is 6.07 Å². The summed E-state index contributed by atoms with van der Waals surface area (Å²) < 4.78 is 19.2. The molecule has 1 N–H and O–H groups in total. The molecule has 0 aliphatic carbocycles. The fourth-order valence-electron chi connectivity index (χ4n) is 1.53. The Morgan fingerprint density at radius 2 is 1.84 bits per heavy atom. The SMILES string of the molecule is C[C@H](O)c1ccc(Oc2ccc(Cl)c(Cl)c2)c(F)c1. The number of rotatable bonds is 3. The Morgan fingerprint density at radius 1 is 1.11 bits per heavy atom. The third kappa shape index (κ3) is 3.38. The molecule has 0 heterocycles. The molecular weight excluding hydrogens is 290 g/mol. The molecule has 0 fully saturated rings. The topological polar surface area (TPSA) is 29.5 Å². The lowest BCUT2D eigenvalue weighted by molar-refractivity contribution is 0.198. The Kier molecular flexibility index (Phi) is 4.30. The van der Waals surface area contributed by atoms with Crippen molar-refractivity contribution in [3.63, 3.8) is 0 Å². The molecule has 5 heteroatoms. The molecule has 0 saturated heterocycles. The lowest BCUT2D eigenvalue weighted by atomic mass is 10.1. The molecule has 0 bridgehead atoms. The van der Waals surface area contributed by atoms with E-state index in [2.05, 4.69) is 0 Å². The van der Waals surface area contributed by atoms with Crippen LogP contribution >= 0.6 is 23.2 Å². The molecule has 19 heavy (non-hydrogen) atoms. The van der Waals surface area contributed by atoms with Gasteiger partial charge in [0.1, 0.15) is 5.75 Å². The predicted molar refractivity (Wildman–Crippen MR) is 73.6 cm³/mol. The summed E-state index contributed by atoms with van der Waals surface area (Å²) in [5, 5.41) is 10.1. The molecule has 0 aliphatic heterocycles. The van der Waals surface area contributed by atoms with Crippen LogP contribution in [-0.2, 0) is 0 Å². The molecule has 0 saturated carbocycles. The van der Waals surface area contributed by atoms with E-state index < -0.39 is 11.9 Å². The minimum absolute atomic E-state index is 0.0581. The average molecular weight is 301 g/mol. The molecule has 2 rings (SSSR count). The van der Waals surface area contributed by atoms with Crippen molar-refractivity contribution < 1.29 is 14.2 Å². The Bertz CT molecular complexity index is 600. The van der Waals surface area contributed by atoms with Crippen molar-refractivity contribution >= 4 is 23.2 Å². The molecule has 0 radical (unpaired) electrons. The van der Waals surface area contributed by atoms with Crippen LogP contribution in [0.3, 0.4) is 0 Å². The van der Waals surface area contributed by atoms with Crippen LogP contribution in [0.5, 0.6) is 11.5 Å². The van der Waals surface area contributed by atoms with Crippen LogP contribution < -0.4 is 4.74 Å². The Balaban J connectivity index is 2.25. The lowest BCUT2D eigenvalue weighted by Gasteiger charge is -2.10. The number of aliphatic hydroxyl groups excluding tert-OH is 1. The highest BCUT2D eigenvalue weighted by Crippen LogP contribution is 2.31. The molecular formula is C14H11Cl2FO2. The van der Waals surface area contributed by atoms with Crippen LogP contribution in [-0.4, -0.2) is 5.11 Å². The van der Waals surface area contributed by atoms with Crippen LogP contribution in [0.2, 0.25) is 10.0 Å². The van der Waals surface area contributed by atoms with E-state index in [4.69, 9.17) is 27.9 Å². The third-order valence-corrected chi connectivity index (χ3v) is 3.30. The van der Waals surface area contributed by atoms with Crippen molar-refractivity contribution in [3.05, 3.63) is 57.8 Å². The molecule has 2 nitrogen and oxygen atoms in total. The largest absolute Gasteiger partial charge is 0.454 e. The van der Waals surface area contributed by atoms with Crippen molar-refractivity contribution in [3.8, 4) is 11.5 Å². The van der Waals surface area contributed by atoms with Gasteiger partial charge in [0.05, 0.1) is 16.1 Å². The lowest BCUT2D eigenvalue weighted by Crippen LogP contribution is -1.94. The molecule has 2 aromatic rings. The molecule has 0 aliphatic rings. The fraction of sp³-hybridized carbons (Fsp3) is 0.143. The smallest absolute Gasteiger partial charge is 0.166 e. The van der Waals surface area contributed by atoms with E-state index in [1.165, 1.54) is 18.2 Å². The van der Waals surface area contributed by atoms with E-state index in [0.717, 1.165) is 0 Å². The summed E-state index contributed by atoms with van der Waals surface area (Å²) in [6, 6.07) is 8.96. The monoisotopic (exact) mass is 300 g/mol. The number of hydrogen-bond acceptors (Lipinski definition) is 2. The normalized spacial score (nSPS) is 12.3. The third-order valence-electron chi connectivity index (χ3n) is 2.56. The first-order valence-electron chi connectivity index (χ1n) is 5.58. The van der Waals surface area contributed by atoms with E-state index in [1.54, 1.807) is 25.1 Å². The van der Waals surface area contributed by atoms with Crippen LogP contribution in [0.25, 0.3) is 0 Å². The van der Waals surface area contributed by atoms with Gasteiger partial charge in [-0.2, -0.15) is 0 Å². The van der Waals surface area contributed by atoms with Gasteiger partial charge < -0.3 is 9.84 Å². The first-order chi connectivity index (χ1) is 8.97. The zero-order valence-corrected chi connectivity index (χ0v) is 11.5. The molecule has 100 valence electrons. The van der Waals surface area contributed by atoms with Gasteiger partial charge >= 0.3 is 0 Å². The van der Waals surface area contributed by atoms with Crippen molar-refractivity contribution in [2.75, 3.05) is 0 Å². The van der Waals surface area contributed by atoms with Crippen molar-refractivity contribution in [2.24, 2.45) is 0 Å². The maximum atomic E-state index is 13.8. The maximum Gasteiger partial charge on any atom is 0.166 e. The number of halogens is 3. The van der Waals surface area contributed by atoms with E-state index in [0.29, 0.717) is 21.4 Å². The zero-order chi connectivity index (χ0) is 14.0. The summed E-state index contributed by atoms with van der Waals surface area (Å²) >= 11 is 11.6. The summed E-state index contributed by atoms with van der Waals surface area (Å²) in [5.74, 6) is -0.106. The van der Waals surface area contributed by atoms with Crippen LogP contribution in [0.15, 0.2) is 36.4 Å². The quantitative estimate of drug-likeness (QED) is 0.866. The average Bonchev–Trinajstić information content (AvgIpc) is 2.36. The van der Waals surface area contributed by atoms with Crippen LogP contribution in [0.4, 0.5) is 4.39 Å². The van der Waals surface area contributed by atoms with E-state index in [1.807, 2.05) is 0 Å². The Hall–Kier alpha value is -1.29. The minimum Gasteiger partial charge on any atom is -0.454 e. The second-order valence-electron chi connectivity index (χ2n) is 4.04. The second kappa shape index (κ2) is 5.78. The summed E-state index contributed by atoms with van der Waals surface area (Å²) in [5.41, 5.74) is 0.485. The highest BCUT2D eigenvalue weighted by Gasteiger charge is 2.09. The zero-order valence-electron chi connectivity index (χ0n) is 10.0. The number of hydrogen-bond donors (Lipinski definition) is 1. The number of aliphatic hydroxyl groups is 1. The summed E-state index contributed by atoms with van der Waals surface area (Å²) in [7, 11) is 0. The Morgan fingerprint density at radius 3 is 2.42 bits per heavy atom. The number of benzene rings is 2.